The second-order valence-corrected chi connectivity index (χ2v) is 8.95. The molecular formula is C23H14Cl4O. The molecule has 3 aliphatic rings. The lowest BCUT2D eigenvalue weighted by Gasteiger charge is -2.51. The quantitative estimate of drug-likeness (QED) is 0.295. The van der Waals surface area contributed by atoms with E-state index in [4.69, 9.17) is 46.4 Å². The predicted octanol–water partition coefficient (Wildman–Crippen LogP) is 7.42. The molecule has 1 nitrogen and oxygen atoms in total. The first-order valence-electron chi connectivity index (χ1n) is 8.94. The molecule has 0 spiro atoms. The SMILES string of the molecule is CC(=O)CC12c3ccccc3C(c3ccccc31)c1c(Cl)c(Cl)c(Cl)c(Cl)c12. The van der Waals surface area contributed by atoms with Crippen molar-refractivity contribution in [2.75, 3.05) is 0 Å². The summed E-state index contributed by atoms with van der Waals surface area (Å²) >= 11 is 26.5. The van der Waals surface area contributed by atoms with E-state index >= 15 is 0 Å². The van der Waals surface area contributed by atoms with Gasteiger partial charge in [-0.1, -0.05) is 94.9 Å². The van der Waals surface area contributed by atoms with E-state index in [0.717, 1.165) is 33.4 Å². The van der Waals surface area contributed by atoms with Crippen LogP contribution < -0.4 is 0 Å². The van der Waals surface area contributed by atoms with Crippen molar-refractivity contribution in [1.29, 1.82) is 0 Å². The second kappa shape index (κ2) is 6.24. The van der Waals surface area contributed by atoms with E-state index < -0.39 is 5.41 Å². The van der Waals surface area contributed by atoms with E-state index in [0.29, 0.717) is 10.0 Å². The number of carbonyl (C=O) groups is 1. The van der Waals surface area contributed by atoms with Gasteiger partial charge in [-0.15, -0.1) is 0 Å². The summed E-state index contributed by atoms with van der Waals surface area (Å²) in [4.78, 5) is 12.5. The molecule has 6 rings (SSSR count). The molecule has 2 bridgehead atoms. The van der Waals surface area contributed by atoms with Crippen LogP contribution in [0.1, 0.15) is 52.6 Å². The normalized spacial score (nSPS) is 21.1. The topological polar surface area (TPSA) is 17.1 Å². The molecule has 0 heterocycles. The maximum atomic E-state index is 12.5. The van der Waals surface area contributed by atoms with Gasteiger partial charge < -0.3 is 0 Å². The molecule has 0 atom stereocenters. The molecule has 3 aromatic rings. The molecule has 0 saturated heterocycles. The van der Waals surface area contributed by atoms with Crippen molar-refractivity contribution in [3.05, 3.63) is 102 Å². The molecule has 0 fully saturated rings. The van der Waals surface area contributed by atoms with Gasteiger partial charge >= 0.3 is 0 Å². The zero-order chi connectivity index (χ0) is 19.8. The summed E-state index contributed by atoms with van der Waals surface area (Å²) in [5, 5.41) is 1.28. The van der Waals surface area contributed by atoms with Gasteiger partial charge in [0.25, 0.3) is 0 Å². The van der Waals surface area contributed by atoms with Gasteiger partial charge in [0.15, 0.2) is 0 Å². The van der Waals surface area contributed by atoms with Crippen molar-refractivity contribution in [3.63, 3.8) is 0 Å². The average Bonchev–Trinajstić information content (AvgIpc) is 2.70. The Morgan fingerprint density at radius 3 is 1.86 bits per heavy atom. The molecule has 0 unspecified atom stereocenters. The van der Waals surface area contributed by atoms with Gasteiger partial charge in [-0.3, -0.25) is 4.79 Å². The Balaban J connectivity index is 2.05. The van der Waals surface area contributed by atoms with Crippen LogP contribution in [-0.2, 0) is 10.2 Å². The molecule has 0 saturated carbocycles. The summed E-state index contributed by atoms with van der Waals surface area (Å²) in [6.45, 7) is 1.60. The summed E-state index contributed by atoms with van der Waals surface area (Å²) < 4.78 is 0. The predicted molar refractivity (Wildman–Crippen MR) is 115 cm³/mol. The van der Waals surface area contributed by atoms with Gasteiger partial charge in [-0.05, 0) is 40.3 Å². The molecule has 0 N–H and O–H groups in total. The molecule has 0 aliphatic heterocycles. The monoisotopic (exact) mass is 446 g/mol. The molecule has 28 heavy (non-hydrogen) atoms. The van der Waals surface area contributed by atoms with Crippen molar-refractivity contribution in [2.24, 2.45) is 0 Å². The third kappa shape index (κ3) is 2.14. The first-order chi connectivity index (χ1) is 13.4. The van der Waals surface area contributed by atoms with Crippen LogP contribution in [0.25, 0.3) is 0 Å². The lowest BCUT2D eigenvalue weighted by molar-refractivity contribution is -0.117. The Morgan fingerprint density at radius 2 is 1.32 bits per heavy atom. The minimum Gasteiger partial charge on any atom is -0.300 e. The van der Waals surface area contributed by atoms with E-state index in [2.05, 4.69) is 24.3 Å². The molecule has 3 aliphatic carbocycles. The van der Waals surface area contributed by atoms with Crippen LogP contribution >= 0.6 is 46.4 Å². The highest BCUT2D eigenvalue weighted by Gasteiger charge is 2.54. The second-order valence-electron chi connectivity index (χ2n) is 7.44. The highest BCUT2D eigenvalue weighted by atomic mass is 35.5. The summed E-state index contributed by atoms with van der Waals surface area (Å²) in [5.74, 6) is -0.0369. The van der Waals surface area contributed by atoms with Crippen molar-refractivity contribution in [2.45, 2.75) is 24.7 Å². The number of halogens is 4. The van der Waals surface area contributed by atoms with E-state index in [1.807, 2.05) is 24.3 Å². The van der Waals surface area contributed by atoms with Crippen molar-refractivity contribution in [1.82, 2.24) is 0 Å². The molecule has 5 heteroatoms. The number of carbonyl (C=O) groups excluding carboxylic acids is 1. The average molecular weight is 448 g/mol. The van der Waals surface area contributed by atoms with Gasteiger partial charge in [0.05, 0.1) is 25.5 Å². The summed E-state index contributed by atoms with van der Waals surface area (Å²) in [6.07, 6.45) is 0.273. The zero-order valence-electron chi connectivity index (χ0n) is 14.8. The fraction of sp³-hybridized carbons (Fsp3) is 0.174. The third-order valence-corrected chi connectivity index (χ3v) is 7.81. The van der Waals surface area contributed by atoms with Crippen LogP contribution in [-0.4, -0.2) is 5.78 Å². The van der Waals surface area contributed by atoms with Crippen LogP contribution in [0.4, 0.5) is 0 Å². The van der Waals surface area contributed by atoms with E-state index in [1.165, 1.54) is 0 Å². The van der Waals surface area contributed by atoms with Crippen molar-refractivity contribution >= 4 is 52.2 Å². The molecule has 0 aromatic heterocycles. The maximum absolute atomic E-state index is 12.5. The summed E-state index contributed by atoms with van der Waals surface area (Å²) in [7, 11) is 0. The fourth-order valence-corrected chi connectivity index (χ4v) is 6.29. The number of ketones is 1. The van der Waals surface area contributed by atoms with Crippen LogP contribution in [0.2, 0.25) is 20.1 Å². The number of Topliss-reactive ketones (excluding diaryl/α,β-unsaturated/α-hetero) is 1. The Morgan fingerprint density at radius 1 is 0.821 bits per heavy atom. The first-order valence-corrected chi connectivity index (χ1v) is 10.4. The number of hydrogen-bond donors (Lipinski definition) is 0. The minimum atomic E-state index is -0.738. The summed E-state index contributed by atoms with van der Waals surface area (Å²) in [6, 6.07) is 16.4. The van der Waals surface area contributed by atoms with Crippen LogP contribution in [0.15, 0.2) is 48.5 Å². The standard InChI is InChI=1S/C23H14Cl4O/c1-11(28)10-23-14-8-4-2-6-12(14)16(13-7-3-5-9-15(13)23)17-18(23)20(25)22(27)21(26)19(17)24/h2-9,16H,10H2,1H3. The van der Waals surface area contributed by atoms with E-state index in [1.54, 1.807) is 6.92 Å². The molecule has 0 amide bonds. The number of benzene rings is 3. The molecular weight excluding hydrogens is 434 g/mol. The maximum Gasteiger partial charge on any atom is 0.131 e. The Hall–Kier alpha value is -1.51. The van der Waals surface area contributed by atoms with Crippen LogP contribution in [0.3, 0.4) is 0 Å². The molecule has 3 aromatic carbocycles. The van der Waals surface area contributed by atoms with Gasteiger partial charge in [-0.2, -0.15) is 0 Å². The Labute approximate surface area is 183 Å². The number of rotatable bonds is 2. The largest absolute Gasteiger partial charge is 0.300 e. The van der Waals surface area contributed by atoms with Crippen molar-refractivity contribution < 1.29 is 4.79 Å². The molecule has 140 valence electrons. The highest BCUT2D eigenvalue weighted by Crippen LogP contribution is 2.64. The zero-order valence-corrected chi connectivity index (χ0v) is 17.8. The van der Waals surface area contributed by atoms with E-state index in [9.17, 15) is 4.79 Å². The smallest absolute Gasteiger partial charge is 0.131 e. The van der Waals surface area contributed by atoms with E-state index in [-0.39, 0.29) is 28.2 Å². The Kier molecular flexibility index (Phi) is 4.13. The van der Waals surface area contributed by atoms with Gasteiger partial charge in [0, 0.05) is 12.3 Å². The lowest BCUT2D eigenvalue weighted by Crippen LogP contribution is -2.44. The first kappa shape index (κ1) is 18.5. The molecule has 0 radical (unpaired) electrons. The van der Waals surface area contributed by atoms with Crippen LogP contribution in [0, 0.1) is 0 Å². The Bertz CT molecular complexity index is 1130. The minimum absolute atomic E-state index is 0.0640. The van der Waals surface area contributed by atoms with Gasteiger partial charge in [-0.25, -0.2) is 0 Å². The lowest BCUT2D eigenvalue weighted by atomic mass is 9.51. The number of hydrogen-bond acceptors (Lipinski definition) is 1. The summed E-state index contributed by atoms with van der Waals surface area (Å²) in [5.41, 5.74) is 5.36. The van der Waals surface area contributed by atoms with Gasteiger partial charge in [0.2, 0.25) is 0 Å². The third-order valence-electron chi connectivity index (χ3n) is 6.00. The van der Waals surface area contributed by atoms with Crippen molar-refractivity contribution in [3.8, 4) is 0 Å². The van der Waals surface area contributed by atoms with Gasteiger partial charge in [0.1, 0.15) is 5.78 Å². The highest BCUT2D eigenvalue weighted by molar-refractivity contribution is 6.52. The fourth-order valence-electron chi connectivity index (χ4n) is 5.16. The van der Waals surface area contributed by atoms with Crippen LogP contribution in [0.5, 0.6) is 0 Å².